The third-order valence-electron chi connectivity index (χ3n) is 5.25. The van der Waals surface area contributed by atoms with Crippen LogP contribution < -0.4 is 5.32 Å². The molecule has 0 saturated carbocycles. The van der Waals surface area contributed by atoms with Crippen LogP contribution in [0.4, 0.5) is 0 Å². The van der Waals surface area contributed by atoms with E-state index in [1.54, 1.807) is 0 Å². The summed E-state index contributed by atoms with van der Waals surface area (Å²) in [5.74, 6) is 0.972. The number of nitrogens with one attached hydrogen (secondary N) is 1. The van der Waals surface area contributed by atoms with Gasteiger partial charge in [-0.3, -0.25) is 4.79 Å². The number of carbonyl (C=O) groups excluding carboxylic acids is 1. The van der Waals surface area contributed by atoms with E-state index in [1.807, 2.05) is 11.8 Å². The summed E-state index contributed by atoms with van der Waals surface area (Å²) in [6.07, 6.45) is 6.19. The zero-order valence-corrected chi connectivity index (χ0v) is 14.1. The van der Waals surface area contributed by atoms with Gasteiger partial charge in [0.05, 0.1) is 6.04 Å². The maximum absolute atomic E-state index is 12.5. The summed E-state index contributed by atoms with van der Waals surface area (Å²) in [4.78, 5) is 17.1. The standard InChI is InChI=1S/C17H33N3O/c1-4-19-10-8-9-16(13-19)14(2)18-15(3)17(21)20-11-6-5-7-12-20/h14-16,18H,4-13H2,1-3H3. The van der Waals surface area contributed by atoms with Gasteiger partial charge >= 0.3 is 0 Å². The summed E-state index contributed by atoms with van der Waals surface area (Å²) < 4.78 is 0. The van der Waals surface area contributed by atoms with E-state index in [-0.39, 0.29) is 6.04 Å². The van der Waals surface area contributed by atoms with Gasteiger partial charge in [-0.2, -0.15) is 0 Å². The third kappa shape index (κ3) is 4.68. The number of piperidine rings is 2. The Morgan fingerprint density at radius 2 is 1.86 bits per heavy atom. The number of amides is 1. The molecule has 2 saturated heterocycles. The van der Waals surface area contributed by atoms with Crippen LogP contribution in [0.5, 0.6) is 0 Å². The summed E-state index contributed by atoms with van der Waals surface area (Å²) in [5, 5.41) is 3.57. The van der Waals surface area contributed by atoms with Crippen LogP contribution in [0.25, 0.3) is 0 Å². The number of hydrogen-bond acceptors (Lipinski definition) is 3. The Labute approximate surface area is 130 Å². The fraction of sp³-hybridized carbons (Fsp3) is 0.941. The van der Waals surface area contributed by atoms with Gasteiger partial charge in [0.25, 0.3) is 0 Å². The molecule has 1 amide bonds. The molecule has 2 aliphatic rings. The first-order valence-corrected chi connectivity index (χ1v) is 8.89. The molecule has 1 N–H and O–H groups in total. The van der Waals surface area contributed by atoms with Crippen molar-refractivity contribution in [3.8, 4) is 0 Å². The molecular weight excluding hydrogens is 262 g/mol. The van der Waals surface area contributed by atoms with Crippen molar-refractivity contribution in [2.24, 2.45) is 5.92 Å². The molecule has 4 nitrogen and oxygen atoms in total. The van der Waals surface area contributed by atoms with E-state index >= 15 is 0 Å². The Bertz CT molecular complexity index is 328. The second kappa shape index (κ2) is 8.14. The van der Waals surface area contributed by atoms with Gasteiger partial charge in [0.2, 0.25) is 5.91 Å². The first-order chi connectivity index (χ1) is 10.1. The second-order valence-corrected chi connectivity index (χ2v) is 6.86. The predicted octanol–water partition coefficient (Wildman–Crippen LogP) is 2.10. The van der Waals surface area contributed by atoms with Crippen LogP contribution in [0.2, 0.25) is 0 Å². The minimum absolute atomic E-state index is 0.0462. The molecule has 0 aromatic heterocycles. The summed E-state index contributed by atoms with van der Waals surface area (Å²) in [6.45, 7) is 12.0. The van der Waals surface area contributed by atoms with Crippen molar-refractivity contribution in [2.45, 2.75) is 65.0 Å². The summed E-state index contributed by atoms with van der Waals surface area (Å²) in [6, 6.07) is 0.373. The molecule has 0 aliphatic carbocycles. The molecule has 0 aromatic rings. The summed E-state index contributed by atoms with van der Waals surface area (Å²) >= 11 is 0. The van der Waals surface area contributed by atoms with Crippen molar-refractivity contribution in [1.29, 1.82) is 0 Å². The molecule has 0 bridgehead atoms. The van der Waals surface area contributed by atoms with Crippen molar-refractivity contribution in [1.82, 2.24) is 15.1 Å². The van der Waals surface area contributed by atoms with E-state index in [1.165, 1.54) is 45.2 Å². The molecule has 122 valence electrons. The maximum atomic E-state index is 12.5. The van der Waals surface area contributed by atoms with Gasteiger partial charge in [-0.1, -0.05) is 6.92 Å². The van der Waals surface area contributed by atoms with Gasteiger partial charge in [-0.15, -0.1) is 0 Å². The normalized spacial score (nSPS) is 27.4. The van der Waals surface area contributed by atoms with Gasteiger partial charge < -0.3 is 15.1 Å². The molecule has 21 heavy (non-hydrogen) atoms. The Hall–Kier alpha value is -0.610. The van der Waals surface area contributed by atoms with Crippen LogP contribution in [0.1, 0.15) is 52.9 Å². The molecule has 2 heterocycles. The predicted molar refractivity (Wildman–Crippen MR) is 87.3 cm³/mol. The van der Waals surface area contributed by atoms with Gasteiger partial charge in [0, 0.05) is 25.7 Å². The van der Waals surface area contributed by atoms with Crippen molar-refractivity contribution in [2.75, 3.05) is 32.7 Å². The topological polar surface area (TPSA) is 35.6 Å². The lowest BCUT2D eigenvalue weighted by Crippen LogP contribution is -2.52. The van der Waals surface area contributed by atoms with E-state index < -0.39 is 0 Å². The maximum Gasteiger partial charge on any atom is 0.239 e. The first-order valence-electron chi connectivity index (χ1n) is 8.89. The SMILES string of the molecule is CCN1CCCC(C(C)NC(C)C(=O)N2CCCCC2)C1. The Balaban J connectivity index is 1.80. The van der Waals surface area contributed by atoms with E-state index in [0.29, 0.717) is 17.9 Å². The number of nitrogens with zero attached hydrogens (tertiary/aromatic N) is 2. The van der Waals surface area contributed by atoms with Crippen molar-refractivity contribution in [3.05, 3.63) is 0 Å². The van der Waals surface area contributed by atoms with Gasteiger partial charge in [0.15, 0.2) is 0 Å². The monoisotopic (exact) mass is 295 g/mol. The number of hydrogen-bond donors (Lipinski definition) is 1. The third-order valence-corrected chi connectivity index (χ3v) is 5.25. The van der Waals surface area contributed by atoms with Crippen LogP contribution >= 0.6 is 0 Å². The molecule has 2 rings (SSSR count). The second-order valence-electron chi connectivity index (χ2n) is 6.86. The van der Waals surface area contributed by atoms with Crippen molar-refractivity contribution in [3.63, 3.8) is 0 Å². The van der Waals surface area contributed by atoms with Gasteiger partial charge in [-0.05, 0) is 65.0 Å². The number of carbonyl (C=O) groups is 1. The van der Waals surface area contributed by atoms with Crippen LogP contribution in [-0.2, 0) is 4.79 Å². The molecule has 0 spiro atoms. The van der Waals surface area contributed by atoms with E-state index in [2.05, 4.69) is 24.1 Å². The Morgan fingerprint density at radius 1 is 1.14 bits per heavy atom. The first kappa shape index (κ1) is 16.8. The molecule has 2 fully saturated rings. The molecule has 3 atom stereocenters. The lowest BCUT2D eigenvalue weighted by atomic mass is 9.91. The lowest BCUT2D eigenvalue weighted by molar-refractivity contribution is -0.134. The highest BCUT2D eigenvalue weighted by Gasteiger charge is 2.28. The highest BCUT2D eigenvalue weighted by atomic mass is 16.2. The average molecular weight is 295 g/mol. The molecule has 2 aliphatic heterocycles. The number of rotatable bonds is 5. The van der Waals surface area contributed by atoms with E-state index in [0.717, 1.165) is 19.6 Å². The average Bonchev–Trinajstić information content (AvgIpc) is 2.54. The van der Waals surface area contributed by atoms with Gasteiger partial charge in [-0.25, -0.2) is 0 Å². The van der Waals surface area contributed by atoms with Gasteiger partial charge in [0.1, 0.15) is 0 Å². The van der Waals surface area contributed by atoms with Crippen LogP contribution in [0.3, 0.4) is 0 Å². The molecule has 0 aromatic carbocycles. The molecule has 3 unspecified atom stereocenters. The smallest absolute Gasteiger partial charge is 0.239 e. The van der Waals surface area contributed by atoms with E-state index in [4.69, 9.17) is 0 Å². The van der Waals surface area contributed by atoms with Crippen molar-refractivity contribution >= 4 is 5.91 Å². The highest BCUT2D eigenvalue weighted by Crippen LogP contribution is 2.20. The van der Waals surface area contributed by atoms with Crippen LogP contribution in [0.15, 0.2) is 0 Å². The molecule has 4 heteroatoms. The molecular formula is C17H33N3O. The minimum atomic E-state index is -0.0462. The van der Waals surface area contributed by atoms with E-state index in [9.17, 15) is 4.79 Å². The lowest BCUT2D eigenvalue weighted by Gasteiger charge is -2.37. The van der Waals surface area contributed by atoms with Crippen molar-refractivity contribution < 1.29 is 4.79 Å². The highest BCUT2D eigenvalue weighted by molar-refractivity contribution is 5.81. The van der Waals surface area contributed by atoms with Crippen LogP contribution in [0, 0.1) is 5.92 Å². The Kier molecular flexibility index (Phi) is 6.49. The fourth-order valence-corrected chi connectivity index (χ4v) is 3.78. The zero-order valence-electron chi connectivity index (χ0n) is 14.1. The largest absolute Gasteiger partial charge is 0.341 e. The zero-order chi connectivity index (χ0) is 15.2. The fourth-order valence-electron chi connectivity index (χ4n) is 3.78. The number of likely N-dealkylation sites (tertiary alicyclic amines) is 2. The molecule has 0 radical (unpaired) electrons. The quantitative estimate of drug-likeness (QED) is 0.844. The van der Waals surface area contributed by atoms with Crippen LogP contribution in [-0.4, -0.2) is 60.5 Å². The summed E-state index contributed by atoms with van der Waals surface area (Å²) in [7, 11) is 0. The Morgan fingerprint density at radius 3 is 2.52 bits per heavy atom. The minimum Gasteiger partial charge on any atom is -0.341 e. The summed E-state index contributed by atoms with van der Waals surface area (Å²) in [5.41, 5.74) is 0.